The average molecular weight is 246 g/mol. The summed E-state index contributed by atoms with van der Waals surface area (Å²) >= 11 is 0. The van der Waals surface area contributed by atoms with Crippen LogP contribution in [0.3, 0.4) is 0 Å². The van der Waals surface area contributed by atoms with Crippen molar-refractivity contribution in [1.82, 2.24) is 4.98 Å². The predicted molar refractivity (Wildman–Crippen MR) is 67.8 cm³/mol. The van der Waals surface area contributed by atoms with Crippen LogP contribution in [0.4, 0.5) is 4.39 Å². The quantitative estimate of drug-likeness (QED) is 0.901. The lowest BCUT2D eigenvalue weighted by Crippen LogP contribution is -2.13. The number of halogens is 1. The van der Waals surface area contributed by atoms with Crippen molar-refractivity contribution in [2.45, 2.75) is 12.5 Å². The molecule has 0 saturated heterocycles. The van der Waals surface area contributed by atoms with Crippen molar-refractivity contribution < 1.29 is 9.13 Å². The molecule has 0 aliphatic carbocycles. The average Bonchev–Trinajstić information content (AvgIpc) is 2.39. The van der Waals surface area contributed by atoms with E-state index in [1.54, 1.807) is 13.3 Å². The van der Waals surface area contributed by atoms with Crippen molar-refractivity contribution in [3.05, 3.63) is 59.7 Å². The minimum atomic E-state index is -0.363. The number of nitrogens with two attached hydrogens (primary N) is 1. The molecular formula is C14H15FN2O. The topological polar surface area (TPSA) is 48.1 Å². The van der Waals surface area contributed by atoms with Crippen LogP contribution < -0.4 is 10.5 Å². The van der Waals surface area contributed by atoms with Crippen molar-refractivity contribution in [2.24, 2.45) is 5.73 Å². The molecule has 4 heteroatoms. The van der Waals surface area contributed by atoms with Gasteiger partial charge in [-0.05, 0) is 35.7 Å². The summed E-state index contributed by atoms with van der Waals surface area (Å²) in [5.41, 5.74) is 7.80. The number of aromatic nitrogens is 1. The summed E-state index contributed by atoms with van der Waals surface area (Å²) in [6.45, 7) is 0. The fraction of sp³-hybridized carbons (Fsp3) is 0.214. The number of benzene rings is 1. The van der Waals surface area contributed by atoms with E-state index in [0.29, 0.717) is 12.0 Å². The summed E-state index contributed by atoms with van der Waals surface area (Å²) in [5, 5.41) is 0. The van der Waals surface area contributed by atoms with Crippen LogP contribution in [0.1, 0.15) is 17.2 Å². The maximum atomic E-state index is 13.0. The zero-order valence-corrected chi connectivity index (χ0v) is 10.1. The Morgan fingerprint density at radius 3 is 2.61 bits per heavy atom. The molecule has 1 heterocycles. The van der Waals surface area contributed by atoms with E-state index in [9.17, 15) is 4.39 Å². The minimum absolute atomic E-state index is 0.262. The van der Waals surface area contributed by atoms with Crippen molar-refractivity contribution >= 4 is 0 Å². The first-order chi connectivity index (χ1) is 8.69. The Hall–Kier alpha value is -1.94. The summed E-state index contributed by atoms with van der Waals surface area (Å²) in [7, 11) is 1.62. The maximum Gasteiger partial charge on any atom is 0.141 e. The van der Waals surface area contributed by atoms with Gasteiger partial charge in [0.05, 0.1) is 13.3 Å². The van der Waals surface area contributed by atoms with Crippen LogP contribution in [0.15, 0.2) is 42.7 Å². The van der Waals surface area contributed by atoms with Gasteiger partial charge >= 0.3 is 0 Å². The molecule has 0 amide bonds. The Morgan fingerprint density at radius 1 is 1.28 bits per heavy atom. The molecule has 1 unspecified atom stereocenters. The van der Waals surface area contributed by atoms with Crippen molar-refractivity contribution in [3.63, 3.8) is 0 Å². The summed E-state index contributed by atoms with van der Waals surface area (Å²) < 4.78 is 18.1. The van der Waals surface area contributed by atoms with Gasteiger partial charge in [-0.25, -0.2) is 4.39 Å². The van der Waals surface area contributed by atoms with Gasteiger partial charge in [0.25, 0.3) is 0 Å². The largest absolute Gasteiger partial charge is 0.497 e. The van der Waals surface area contributed by atoms with Crippen molar-refractivity contribution in [2.75, 3.05) is 7.11 Å². The van der Waals surface area contributed by atoms with Crippen LogP contribution in [0, 0.1) is 5.82 Å². The number of nitrogens with zero attached hydrogens (tertiary/aromatic N) is 1. The van der Waals surface area contributed by atoms with E-state index in [0.717, 1.165) is 11.3 Å². The van der Waals surface area contributed by atoms with Gasteiger partial charge in [0.15, 0.2) is 0 Å². The highest BCUT2D eigenvalue weighted by Gasteiger charge is 2.08. The van der Waals surface area contributed by atoms with Crippen LogP contribution in [-0.2, 0) is 6.42 Å². The van der Waals surface area contributed by atoms with Gasteiger partial charge in [-0.2, -0.15) is 0 Å². The van der Waals surface area contributed by atoms with E-state index in [1.807, 2.05) is 24.3 Å². The molecule has 94 valence electrons. The van der Waals surface area contributed by atoms with E-state index >= 15 is 0 Å². The molecule has 1 atom stereocenters. The fourth-order valence-electron chi connectivity index (χ4n) is 1.76. The zero-order chi connectivity index (χ0) is 13.0. The molecule has 2 aromatic rings. The highest BCUT2D eigenvalue weighted by atomic mass is 19.1. The van der Waals surface area contributed by atoms with E-state index in [1.165, 1.54) is 12.3 Å². The maximum absolute atomic E-state index is 13.0. The number of ether oxygens (including phenoxy) is 1. The van der Waals surface area contributed by atoms with Crippen molar-refractivity contribution in [3.8, 4) is 5.75 Å². The number of pyridine rings is 1. The first kappa shape index (κ1) is 12.5. The third-order valence-corrected chi connectivity index (χ3v) is 2.77. The Labute approximate surface area is 105 Å². The van der Waals surface area contributed by atoms with Crippen LogP contribution in [0.5, 0.6) is 5.75 Å². The first-order valence-electron chi connectivity index (χ1n) is 5.68. The number of hydrogen-bond acceptors (Lipinski definition) is 3. The molecule has 2 rings (SSSR count). The number of methoxy groups -OCH3 is 1. The van der Waals surface area contributed by atoms with E-state index in [2.05, 4.69) is 4.98 Å². The molecule has 0 radical (unpaired) electrons. The Kier molecular flexibility index (Phi) is 3.89. The van der Waals surface area contributed by atoms with Crippen LogP contribution in [-0.4, -0.2) is 12.1 Å². The van der Waals surface area contributed by atoms with Gasteiger partial charge in [-0.1, -0.05) is 12.1 Å². The normalized spacial score (nSPS) is 12.2. The second-order valence-corrected chi connectivity index (χ2v) is 4.10. The minimum Gasteiger partial charge on any atom is -0.497 e. The SMILES string of the molecule is COc1ccc(CC(N)c2cncc(F)c2)cc1. The number of hydrogen-bond donors (Lipinski definition) is 1. The second kappa shape index (κ2) is 5.60. The third-order valence-electron chi connectivity index (χ3n) is 2.77. The lowest BCUT2D eigenvalue weighted by Gasteiger charge is -2.12. The standard InChI is InChI=1S/C14H15FN2O/c1-18-13-4-2-10(3-5-13)6-14(16)11-7-12(15)9-17-8-11/h2-5,7-9,14H,6,16H2,1H3. The summed E-state index contributed by atoms with van der Waals surface area (Å²) in [5.74, 6) is 0.442. The van der Waals surface area contributed by atoms with Crippen molar-refractivity contribution in [1.29, 1.82) is 0 Å². The smallest absolute Gasteiger partial charge is 0.141 e. The van der Waals surface area contributed by atoms with E-state index in [4.69, 9.17) is 10.5 Å². The second-order valence-electron chi connectivity index (χ2n) is 4.10. The Morgan fingerprint density at radius 2 is 2.00 bits per heavy atom. The van der Waals surface area contributed by atoms with Gasteiger partial charge in [0, 0.05) is 12.2 Å². The highest BCUT2D eigenvalue weighted by molar-refractivity contribution is 5.28. The molecule has 0 bridgehead atoms. The predicted octanol–water partition coefficient (Wildman–Crippen LogP) is 2.47. The van der Waals surface area contributed by atoms with Crippen LogP contribution in [0.25, 0.3) is 0 Å². The van der Waals surface area contributed by atoms with Crippen LogP contribution >= 0.6 is 0 Å². The molecule has 1 aromatic carbocycles. The summed E-state index contributed by atoms with van der Waals surface area (Å²) in [6.07, 6.45) is 3.40. The summed E-state index contributed by atoms with van der Waals surface area (Å²) in [6, 6.07) is 8.82. The van der Waals surface area contributed by atoms with E-state index in [-0.39, 0.29) is 11.9 Å². The molecule has 0 saturated carbocycles. The molecular weight excluding hydrogens is 231 g/mol. The highest BCUT2D eigenvalue weighted by Crippen LogP contribution is 2.18. The molecule has 0 spiro atoms. The van der Waals surface area contributed by atoms with Gasteiger partial charge in [-0.15, -0.1) is 0 Å². The number of rotatable bonds is 4. The van der Waals surface area contributed by atoms with Gasteiger partial charge in [0.1, 0.15) is 11.6 Å². The van der Waals surface area contributed by atoms with Gasteiger partial charge in [-0.3, -0.25) is 4.98 Å². The Bertz CT molecular complexity index is 513. The van der Waals surface area contributed by atoms with Crippen LogP contribution in [0.2, 0.25) is 0 Å². The molecule has 0 aliphatic rings. The first-order valence-corrected chi connectivity index (χ1v) is 5.68. The zero-order valence-electron chi connectivity index (χ0n) is 10.1. The molecule has 3 nitrogen and oxygen atoms in total. The Balaban J connectivity index is 2.08. The summed E-state index contributed by atoms with van der Waals surface area (Å²) in [4.78, 5) is 3.80. The fourth-order valence-corrected chi connectivity index (χ4v) is 1.76. The van der Waals surface area contributed by atoms with E-state index < -0.39 is 0 Å². The monoisotopic (exact) mass is 246 g/mol. The van der Waals surface area contributed by atoms with Gasteiger partial charge in [0.2, 0.25) is 0 Å². The molecule has 1 aromatic heterocycles. The lowest BCUT2D eigenvalue weighted by atomic mass is 10.0. The molecule has 18 heavy (non-hydrogen) atoms. The lowest BCUT2D eigenvalue weighted by molar-refractivity contribution is 0.414. The molecule has 0 aliphatic heterocycles. The van der Waals surface area contributed by atoms with Gasteiger partial charge < -0.3 is 10.5 Å². The molecule has 0 fully saturated rings. The molecule has 2 N–H and O–H groups in total. The third kappa shape index (κ3) is 3.05.